The van der Waals surface area contributed by atoms with Crippen molar-refractivity contribution in [1.29, 1.82) is 0 Å². The molecule has 0 aliphatic carbocycles. The Labute approximate surface area is 403 Å². The minimum Gasteiger partial charge on any atom is -0.481 e. The molecule has 346 valence electrons. The molecule has 5 aromatic carbocycles. The van der Waals surface area contributed by atoms with Gasteiger partial charge in [-0.1, -0.05) is 64.5 Å². The lowest BCUT2D eigenvalue weighted by atomic mass is 9.98. The number of morpholine rings is 1. The number of hydrogen-bond donors (Lipinski definition) is 3. The van der Waals surface area contributed by atoms with Gasteiger partial charge in [0.15, 0.2) is 5.78 Å². The molecule has 14 nitrogen and oxygen atoms in total. The first-order valence-electron chi connectivity index (χ1n) is 19.9. The summed E-state index contributed by atoms with van der Waals surface area (Å²) < 4.78 is 44.5. The number of para-hydroxylation sites is 2. The molecule has 0 unspecified atom stereocenters. The Hall–Kier alpha value is -6.48. The number of rotatable bonds is 7. The largest absolute Gasteiger partial charge is 0.481 e. The van der Waals surface area contributed by atoms with E-state index in [9.17, 15) is 32.3 Å². The van der Waals surface area contributed by atoms with Crippen LogP contribution in [0.25, 0.3) is 33.1 Å². The lowest BCUT2D eigenvalue weighted by Gasteiger charge is -2.27. The van der Waals surface area contributed by atoms with Crippen LogP contribution in [0.2, 0.25) is 0 Å². The van der Waals surface area contributed by atoms with E-state index >= 15 is 0 Å². The topological polar surface area (TPSA) is 201 Å². The van der Waals surface area contributed by atoms with Gasteiger partial charge in [0.25, 0.3) is 17.1 Å². The number of aromatic nitrogens is 6. The second kappa shape index (κ2) is 24.9. The van der Waals surface area contributed by atoms with Gasteiger partial charge in [0.1, 0.15) is 11.6 Å². The maximum absolute atomic E-state index is 13.1. The average Bonchev–Trinajstić information content (AvgIpc) is 3.32. The van der Waals surface area contributed by atoms with E-state index in [0.29, 0.717) is 40.9 Å². The predicted octanol–water partition coefficient (Wildman–Crippen LogP) is 9.46. The number of ketones is 2. The number of benzene rings is 5. The van der Waals surface area contributed by atoms with Gasteiger partial charge in [0.2, 0.25) is 0 Å². The number of ether oxygens (including phenoxy) is 1. The number of nitrogens with one attached hydrogen (secondary N) is 2. The van der Waals surface area contributed by atoms with Crippen LogP contribution in [0.1, 0.15) is 39.5 Å². The molecule has 0 spiro atoms. The molecule has 0 amide bonds. The van der Waals surface area contributed by atoms with Crippen LogP contribution >= 0.6 is 44.2 Å². The zero-order valence-corrected chi connectivity index (χ0v) is 40.0. The van der Waals surface area contributed by atoms with Gasteiger partial charge >= 0.3 is 6.18 Å². The summed E-state index contributed by atoms with van der Waals surface area (Å²) >= 11 is 8.81. The van der Waals surface area contributed by atoms with Crippen molar-refractivity contribution in [2.24, 2.45) is 0 Å². The zero-order chi connectivity index (χ0) is 48.5. The van der Waals surface area contributed by atoms with Gasteiger partial charge in [0.05, 0.1) is 70.5 Å². The molecule has 9 rings (SSSR count). The van der Waals surface area contributed by atoms with Gasteiger partial charge in [-0.15, -0.1) is 0 Å². The second-order valence-electron chi connectivity index (χ2n) is 14.3. The van der Waals surface area contributed by atoms with Crippen molar-refractivity contribution in [1.82, 2.24) is 29.9 Å². The Balaban J connectivity index is 0.000000232. The number of carbonyl (C=O) groups excluding carboxylic acids is 2. The number of fused-ring (bicyclic) bond motifs is 3. The van der Waals surface area contributed by atoms with E-state index in [4.69, 9.17) is 19.6 Å². The highest BCUT2D eigenvalue weighted by Crippen LogP contribution is 2.29. The summed E-state index contributed by atoms with van der Waals surface area (Å²) in [4.78, 5) is 80.7. The van der Waals surface area contributed by atoms with Gasteiger partial charge in [0, 0.05) is 76.7 Å². The highest BCUT2D eigenvalue weighted by atomic mass is 80.9. The van der Waals surface area contributed by atoms with Crippen molar-refractivity contribution in [2.75, 3.05) is 31.2 Å². The van der Waals surface area contributed by atoms with Crippen molar-refractivity contribution in [3.63, 3.8) is 0 Å². The number of aliphatic carboxylic acids is 1. The summed E-state index contributed by atoms with van der Waals surface area (Å²) in [5.74, 6) is -0.392. The average molecular weight is 1110 g/mol. The number of nitrogens with zero attached hydrogens (tertiary/aromatic N) is 5. The molecule has 0 bridgehead atoms. The van der Waals surface area contributed by atoms with Crippen molar-refractivity contribution >= 4 is 101 Å². The summed E-state index contributed by atoms with van der Waals surface area (Å²) in [6.07, 6.45) is 0.0217. The molecule has 67 heavy (non-hydrogen) atoms. The van der Waals surface area contributed by atoms with Crippen molar-refractivity contribution in [2.45, 2.75) is 25.9 Å². The summed E-state index contributed by atoms with van der Waals surface area (Å²) in [6, 6.07) is 29.6. The molecule has 20 heteroatoms. The fraction of sp³-hybridized carbons (Fsp3) is 0.170. The lowest BCUT2D eigenvalue weighted by molar-refractivity contribution is -0.137. The maximum Gasteiger partial charge on any atom is 0.416 e. The molecular weight excluding hydrogens is 1070 g/mol. The molecule has 1 aliphatic heterocycles. The number of carbonyl (C=O) groups is 3. The minimum atomic E-state index is -4.41. The fourth-order valence-corrected chi connectivity index (χ4v) is 6.72. The van der Waals surface area contributed by atoms with E-state index in [1.54, 1.807) is 48.7 Å². The van der Waals surface area contributed by atoms with E-state index in [1.807, 2.05) is 42.5 Å². The number of H-pyrrole nitrogens is 2. The van der Waals surface area contributed by atoms with E-state index in [2.05, 4.69) is 74.0 Å². The van der Waals surface area contributed by atoms with Crippen LogP contribution in [-0.4, -0.2) is 78.8 Å². The van der Waals surface area contributed by atoms with Crippen LogP contribution in [0.15, 0.2) is 142 Å². The number of hydrogen-bond acceptors (Lipinski definition) is 11. The molecule has 1 aliphatic rings. The van der Waals surface area contributed by atoms with Crippen LogP contribution in [0.5, 0.6) is 0 Å². The second-order valence-corrected chi connectivity index (χ2v) is 15.3. The third-order valence-electron chi connectivity index (χ3n) is 9.45. The first-order chi connectivity index (χ1) is 32.1. The Morgan fingerprint density at radius 2 is 1.21 bits per heavy atom. The monoisotopic (exact) mass is 1110 g/mol. The summed E-state index contributed by atoms with van der Waals surface area (Å²) in [6.45, 7) is 3.82. The van der Waals surface area contributed by atoms with Crippen LogP contribution in [0.3, 0.4) is 0 Å². The first-order valence-corrected chi connectivity index (χ1v) is 24.5. The predicted molar refractivity (Wildman–Crippen MR) is 260 cm³/mol. The van der Waals surface area contributed by atoms with Crippen LogP contribution in [0, 0.1) is 0 Å². The Morgan fingerprint density at radius 1 is 0.687 bits per heavy atom. The highest BCUT2D eigenvalue weighted by Gasteiger charge is 2.30. The number of alkyl halides is 3. The van der Waals surface area contributed by atoms with Gasteiger partial charge in [-0.25, -0.2) is 15.0 Å². The van der Waals surface area contributed by atoms with Gasteiger partial charge in [-0.2, -0.15) is 13.2 Å². The van der Waals surface area contributed by atoms with E-state index in [-0.39, 0.29) is 35.5 Å². The Bertz CT molecular complexity index is 3070. The summed E-state index contributed by atoms with van der Waals surface area (Å²) in [7, 11) is 0. The fourth-order valence-electron chi connectivity index (χ4n) is 6.36. The van der Waals surface area contributed by atoms with E-state index < -0.39 is 17.7 Å². The first kappa shape index (κ1) is 51.5. The number of carboxylic acids is 1. The van der Waals surface area contributed by atoms with Crippen LogP contribution in [-0.2, 0) is 33.3 Å². The van der Waals surface area contributed by atoms with E-state index in [1.165, 1.54) is 24.5 Å². The molecule has 0 radical (unpaired) electrons. The third-order valence-corrected chi connectivity index (χ3v) is 9.94. The molecule has 4 heterocycles. The molecule has 0 atom stereocenters. The summed E-state index contributed by atoms with van der Waals surface area (Å²) in [5, 5.41) is 7.42. The van der Waals surface area contributed by atoms with Crippen LogP contribution < -0.4 is 16.0 Å². The smallest absolute Gasteiger partial charge is 0.416 e. The summed E-state index contributed by atoms with van der Waals surface area (Å²) in [5.41, 5.74) is 5.56. The van der Waals surface area contributed by atoms with E-state index in [0.717, 1.165) is 70.1 Å². The minimum absolute atomic E-state index is 0.0311. The van der Waals surface area contributed by atoms with Crippen molar-refractivity contribution < 1.29 is 37.4 Å². The molecule has 3 aromatic heterocycles. The van der Waals surface area contributed by atoms with Gasteiger partial charge < -0.3 is 24.7 Å². The molecule has 1 fully saturated rings. The third kappa shape index (κ3) is 15.8. The van der Waals surface area contributed by atoms with Gasteiger partial charge in [-0.3, -0.25) is 29.0 Å². The lowest BCUT2D eigenvalue weighted by Crippen LogP contribution is -2.36. The molecule has 3 N–H and O–H groups in total. The number of anilines is 1. The molecule has 1 saturated heterocycles. The quantitative estimate of drug-likeness (QED) is 0.128. The SMILES string of the molecule is BrBr.CC(=O)O.O=C(Cc1ccc(C(=O)c2ccc3ncc(N4CCOCC4)nc3c2)cc1)Cc1ccc(C(F)(F)F)cc1.O=c1cnc2ccc(Br)cc2[nH]1.O=c1cnc2ccccc2[nH]1. The number of Topliss-reactive ketones (excluding diaryl/α,β-unsaturated/α-hetero) is 1. The Morgan fingerprint density at radius 3 is 1.82 bits per heavy atom. The Kier molecular flexibility index (Phi) is 19.1. The highest BCUT2D eigenvalue weighted by molar-refractivity contribution is 9.93. The molecule has 0 saturated carbocycles. The van der Waals surface area contributed by atoms with Crippen molar-refractivity contribution in [3.8, 4) is 0 Å². The van der Waals surface area contributed by atoms with Crippen LogP contribution in [0.4, 0.5) is 19.0 Å². The normalized spacial score (nSPS) is 12.0. The zero-order valence-electron chi connectivity index (χ0n) is 35.3. The standard InChI is InChI=1S/C29H24F3N3O3.C8H5BrN2O.C8H6N2O.C2H4O2.Br2/c30-29(31,32)23-8-3-20(4-9-23)16-24(36)15-19-1-5-21(6-2-19)28(37)22-7-10-25-26(17-22)34-27(18-33-25)35-11-13-38-14-12-35;9-5-1-2-6-7(3-5)11-8(12)4-10-6;11-8-5-9-6-3-1-2-4-7(6)10-8;1-2(3)4;1-2/h1-10,17-18H,11-16H2;1-4H,(H,11,12);1-5H,(H,10,11);1H3,(H,3,4);. The van der Waals surface area contributed by atoms with Gasteiger partial charge in [-0.05, 0) is 71.8 Å². The number of aromatic amines is 2. The molecule has 8 aromatic rings. The maximum atomic E-state index is 13.1. The molecular formula is C47H39Br3F3N7O7. The van der Waals surface area contributed by atoms with Crippen molar-refractivity contribution in [3.05, 3.63) is 181 Å². The number of halogens is 6. The number of carboxylic acid groups (broad SMARTS) is 1.